The number of likely N-dealkylation sites (tertiary alicyclic amines) is 1. The van der Waals surface area contributed by atoms with Gasteiger partial charge in [0, 0.05) is 36.6 Å². The lowest BCUT2D eigenvalue weighted by atomic mass is 9.88. The second-order valence-corrected chi connectivity index (χ2v) is 8.07. The van der Waals surface area contributed by atoms with Crippen molar-refractivity contribution >= 4 is 17.2 Å². The minimum absolute atomic E-state index is 0.236. The number of hydrogen-bond acceptors (Lipinski definition) is 4. The summed E-state index contributed by atoms with van der Waals surface area (Å²) in [5.74, 6) is 0.955. The molecular weight excluding hydrogens is 294 g/mol. The molecule has 0 aliphatic carbocycles. The Balaban J connectivity index is 1.42. The molecule has 3 fully saturated rings. The Morgan fingerprint density at radius 1 is 1.27 bits per heavy atom. The van der Waals surface area contributed by atoms with Crippen molar-refractivity contribution in [3.05, 3.63) is 16.6 Å². The molecule has 4 heterocycles. The molecule has 3 aliphatic rings. The fraction of sp³-hybridized carbons (Fsp3) is 0.765. The molecule has 0 saturated carbocycles. The quantitative estimate of drug-likeness (QED) is 0.931. The van der Waals surface area contributed by atoms with Gasteiger partial charge in [0.15, 0.2) is 0 Å². The predicted molar refractivity (Wildman–Crippen MR) is 87.7 cm³/mol. The fourth-order valence-corrected chi connectivity index (χ4v) is 5.38. The molecule has 22 heavy (non-hydrogen) atoms. The topological polar surface area (TPSA) is 45.2 Å². The second kappa shape index (κ2) is 6.28. The SMILES string of the molecule is O=C(CC1CC2CCC(C1)N2)N1CCCCC1c1nccs1. The third-order valence-electron chi connectivity index (χ3n) is 5.59. The highest BCUT2D eigenvalue weighted by Gasteiger charge is 2.36. The standard InChI is InChI=1S/C17H25N3OS/c21-16(11-12-9-13-4-5-14(10-12)19-13)20-7-2-1-3-15(20)17-18-6-8-22-17/h6,8,12-15,19H,1-5,7,9-11H2. The van der Waals surface area contributed by atoms with Crippen LogP contribution in [0.15, 0.2) is 11.6 Å². The number of thiazole rings is 1. The average Bonchev–Trinajstić information content (AvgIpc) is 3.17. The summed E-state index contributed by atoms with van der Waals surface area (Å²) >= 11 is 1.69. The number of carbonyl (C=O) groups excluding carboxylic acids is 1. The minimum Gasteiger partial charge on any atom is -0.333 e. The van der Waals surface area contributed by atoms with E-state index in [1.165, 1.54) is 32.1 Å². The van der Waals surface area contributed by atoms with E-state index >= 15 is 0 Å². The van der Waals surface area contributed by atoms with Crippen LogP contribution in [0.5, 0.6) is 0 Å². The molecule has 0 spiro atoms. The van der Waals surface area contributed by atoms with E-state index in [9.17, 15) is 4.79 Å². The van der Waals surface area contributed by atoms with Crippen molar-refractivity contribution in [2.24, 2.45) is 5.92 Å². The average molecular weight is 319 g/mol. The molecule has 3 saturated heterocycles. The number of nitrogens with one attached hydrogen (secondary N) is 1. The molecule has 0 aromatic carbocycles. The van der Waals surface area contributed by atoms with E-state index in [1.54, 1.807) is 11.3 Å². The molecular formula is C17H25N3OS. The molecule has 5 heteroatoms. The molecule has 1 N–H and O–H groups in total. The summed E-state index contributed by atoms with van der Waals surface area (Å²) in [6, 6.07) is 1.58. The zero-order valence-electron chi connectivity index (χ0n) is 13.0. The van der Waals surface area contributed by atoms with E-state index in [4.69, 9.17) is 0 Å². The summed E-state index contributed by atoms with van der Waals surface area (Å²) < 4.78 is 0. The first-order chi connectivity index (χ1) is 10.8. The molecule has 2 bridgehead atoms. The van der Waals surface area contributed by atoms with Crippen LogP contribution in [0.2, 0.25) is 0 Å². The van der Waals surface area contributed by atoms with Crippen LogP contribution in [-0.2, 0) is 4.79 Å². The molecule has 3 unspecified atom stereocenters. The molecule has 120 valence electrons. The summed E-state index contributed by atoms with van der Waals surface area (Å²) in [6.45, 7) is 0.918. The maximum Gasteiger partial charge on any atom is 0.223 e. The fourth-order valence-electron chi connectivity index (χ4n) is 4.59. The van der Waals surface area contributed by atoms with Crippen molar-refractivity contribution in [1.82, 2.24) is 15.2 Å². The summed E-state index contributed by atoms with van der Waals surface area (Å²) in [5.41, 5.74) is 0. The van der Waals surface area contributed by atoms with Crippen molar-refractivity contribution in [3.63, 3.8) is 0 Å². The van der Waals surface area contributed by atoms with E-state index in [1.807, 2.05) is 11.6 Å². The van der Waals surface area contributed by atoms with Crippen LogP contribution in [0.1, 0.15) is 62.4 Å². The van der Waals surface area contributed by atoms with Gasteiger partial charge in [0.25, 0.3) is 0 Å². The van der Waals surface area contributed by atoms with Gasteiger partial charge in [0.1, 0.15) is 5.01 Å². The van der Waals surface area contributed by atoms with E-state index in [-0.39, 0.29) is 6.04 Å². The Labute approximate surface area is 136 Å². The molecule has 0 radical (unpaired) electrons. The van der Waals surface area contributed by atoms with Gasteiger partial charge in [-0.15, -0.1) is 11.3 Å². The number of rotatable bonds is 3. The van der Waals surface area contributed by atoms with Gasteiger partial charge in [0.05, 0.1) is 6.04 Å². The number of piperidine rings is 2. The molecule has 4 rings (SSSR count). The zero-order valence-corrected chi connectivity index (χ0v) is 13.9. The van der Waals surface area contributed by atoms with Crippen molar-refractivity contribution in [3.8, 4) is 0 Å². The van der Waals surface area contributed by atoms with E-state index < -0.39 is 0 Å². The van der Waals surface area contributed by atoms with Crippen molar-refractivity contribution < 1.29 is 4.79 Å². The van der Waals surface area contributed by atoms with Gasteiger partial charge in [-0.1, -0.05) is 0 Å². The Hall–Kier alpha value is -0.940. The maximum absolute atomic E-state index is 12.9. The van der Waals surface area contributed by atoms with E-state index in [2.05, 4.69) is 15.2 Å². The van der Waals surface area contributed by atoms with E-state index in [0.29, 0.717) is 23.9 Å². The number of carbonyl (C=O) groups is 1. The van der Waals surface area contributed by atoms with E-state index in [0.717, 1.165) is 30.8 Å². The predicted octanol–water partition coefficient (Wildman–Crippen LogP) is 3.12. The molecule has 3 aliphatic heterocycles. The summed E-state index contributed by atoms with van der Waals surface area (Å²) in [4.78, 5) is 19.5. The Morgan fingerprint density at radius 2 is 2.09 bits per heavy atom. The molecule has 1 amide bonds. The highest BCUT2D eigenvalue weighted by atomic mass is 32.1. The third kappa shape index (κ3) is 2.93. The minimum atomic E-state index is 0.236. The summed E-state index contributed by atoms with van der Waals surface area (Å²) in [5, 5.41) is 6.82. The molecule has 1 aromatic heterocycles. The third-order valence-corrected chi connectivity index (χ3v) is 6.47. The van der Waals surface area contributed by atoms with Crippen LogP contribution >= 0.6 is 11.3 Å². The van der Waals surface area contributed by atoms with Crippen LogP contribution in [0, 0.1) is 5.92 Å². The van der Waals surface area contributed by atoms with Gasteiger partial charge in [-0.05, 0) is 50.9 Å². The number of fused-ring (bicyclic) bond motifs is 2. The molecule has 4 nitrogen and oxygen atoms in total. The largest absolute Gasteiger partial charge is 0.333 e. The first-order valence-corrected chi connectivity index (χ1v) is 9.62. The van der Waals surface area contributed by atoms with Crippen LogP contribution in [-0.4, -0.2) is 34.4 Å². The number of amides is 1. The first-order valence-electron chi connectivity index (χ1n) is 8.74. The summed E-state index contributed by atoms with van der Waals surface area (Å²) in [7, 11) is 0. The Morgan fingerprint density at radius 3 is 2.82 bits per heavy atom. The van der Waals surface area contributed by atoms with Gasteiger partial charge in [-0.25, -0.2) is 4.98 Å². The van der Waals surface area contributed by atoms with Crippen LogP contribution in [0.25, 0.3) is 0 Å². The summed E-state index contributed by atoms with van der Waals surface area (Å²) in [6.07, 6.45) is 11.0. The van der Waals surface area contributed by atoms with Crippen molar-refractivity contribution in [2.75, 3.05) is 6.54 Å². The van der Waals surface area contributed by atoms with Crippen LogP contribution < -0.4 is 5.32 Å². The van der Waals surface area contributed by atoms with Gasteiger partial charge >= 0.3 is 0 Å². The normalized spacial score (nSPS) is 34.8. The Kier molecular flexibility index (Phi) is 4.18. The highest BCUT2D eigenvalue weighted by Crippen LogP contribution is 2.36. The Bertz CT molecular complexity index is 506. The van der Waals surface area contributed by atoms with Gasteiger partial charge in [-0.2, -0.15) is 0 Å². The number of aromatic nitrogens is 1. The van der Waals surface area contributed by atoms with Gasteiger partial charge in [-0.3, -0.25) is 4.79 Å². The number of hydrogen-bond donors (Lipinski definition) is 1. The van der Waals surface area contributed by atoms with Gasteiger partial charge in [0.2, 0.25) is 5.91 Å². The van der Waals surface area contributed by atoms with Crippen LogP contribution in [0.3, 0.4) is 0 Å². The lowest BCUT2D eigenvalue weighted by Gasteiger charge is -2.36. The van der Waals surface area contributed by atoms with Gasteiger partial charge < -0.3 is 10.2 Å². The highest BCUT2D eigenvalue weighted by molar-refractivity contribution is 7.09. The smallest absolute Gasteiger partial charge is 0.223 e. The monoisotopic (exact) mass is 319 g/mol. The maximum atomic E-state index is 12.9. The number of nitrogens with zero attached hydrogens (tertiary/aromatic N) is 2. The lowest BCUT2D eigenvalue weighted by molar-refractivity contribution is -0.136. The van der Waals surface area contributed by atoms with Crippen molar-refractivity contribution in [2.45, 2.75) is 69.5 Å². The van der Waals surface area contributed by atoms with Crippen LogP contribution in [0.4, 0.5) is 0 Å². The zero-order chi connectivity index (χ0) is 14.9. The lowest BCUT2D eigenvalue weighted by Crippen LogP contribution is -2.42. The second-order valence-electron chi connectivity index (χ2n) is 7.15. The van der Waals surface area contributed by atoms with Crippen molar-refractivity contribution in [1.29, 1.82) is 0 Å². The molecule has 1 aromatic rings. The molecule has 3 atom stereocenters. The first kappa shape index (κ1) is 14.6.